The Morgan fingerprint density at radius 1 is 1.50 bits per heavy atom. The average molecular weight is 162 g/mol. The summed E-state index contributed by atoms with van der Waals surface area (Å²) < 4.78 is 0. The van der Waals surface area contributed by atoms with Gasteiger partial charge in [-0.15, -0.1) is 0 Å². The molecule has 0 amide bonds. The van der Waals surface area contributed by atoms with E-state index in [2.05, 4.69) is 21.8 Å². The number of hydrogen-bond donors (Lipinski definition) is 1. The Morgan fingerprint density at radius 2 is 2.17 bits per heavy atom. The second-order valence-corrected chi connectivity index (χ2v) is 1.94. The Balaban J connectivity index is 2.61. The maximum absolute atomic E-state index is 10.0. The van der Waals surface area contributed by atoms with Gasteiger partial charge in [0.2, 0.25) is 5.82 Å². The standard InChI is InChI=1S/C8H6N2O2/c11-8(12)4-1-3-7-9-5-2-6-10-7/h2,5-6H,4H2,(H,11,12). The van der Waals surface area contributed by atoms with Crippen LogP contribution in [0.15, 0.2) is 18.5 Å². The summed E-state index contributed by atoms with van der Waals surface area (Å²) >= 11 is 0. The van der Waals surface area contributed by atoms with Gasteiger partial charge in [0, 0.05) is 12.4 Å². The topological polar surface area (TPSA) is 63.1 Å². The van der Waals surface area contributed by atoms with E-state index in [-0.39, 0.29) is 6.42 Å². The molecule has 0 aliphatic rings. The van der Waals surface area contributed by atoms with Crippen LogP contribution in [0.1, 0.15) is 12.2 Å². The van der Waals surface area contributed by atoms with Crippen LogP contribution in [0, 0.1) is 11.8 Å². The minimum atomic E-state index is -0.946. The fourth-order valence-corrected chi connectivity index (χ4v) is 0.563. The fourth-order valence-electron chi connectivity index (χ4n) is 0.563. The van der Waals surface area contributed by atoms with E-state index in [0.717, 1.165) is 0 Å². The number of carboxylic acids is 1. The molecule has 1 heterocycles. The largest absolute Gasteiger partial charge is 0.481 e. The van der Waals surface area contributed by atoms with E-state index in [4.69, 9.17) is 5.11 Å². The maximum atomic E-state index is 10.0. The summed E-state index contributed by atoms with van der Waals surface area (Å²) in [6, 6.07) is 1.67. The molecule has 0 saturated heterocycles. The molecular formula is C8H6N2O2. The van der Waals surface area contributed by atoms with Crippen molar-refractivity contribution in [1.29, 1.82) is 0 Å². The van der Waals surface area contributed by atoms with Crippen molar-refractivity contribution >= 4 is 5.97 Å². The predicted octanol–water partition coefficient (Wildman–Crippen LogP) is 0.303. The third-order valence-electron chi connectivity index (χ3n) is 1.01. The molecule has 0 unspecified atom stereocenters. The molecule has 60 valence electrons. The highest BCUT2D eigenvalue weighted by Crippen LogP contribution is 1.83. The smallest absolute Gasteiger partial charge is 0.315 e. The lowest BCUT2D eigenvalue weighted by Crippen LogP contribution is -1.91. The molecule has 1 N–H and O–H groups in total. The number of hydrogen-bond acceptors (Lipinski definition) is 3. The second-order valence-electron chi connectivity index (χ2n) is 1.94. The minimum absolute atomic E-state index is 0.182. The Hall–Kier alpha value is -1.89. The van der Waals surface area contributed by atoms with Crippen molar-refractivity contribution in [3.8, 4) is 11.8 Å². The van der Waals surface area contributed by atoms with Crippen molar-refractivity contribution < 1.29 is 9.90 Å². The van der Waals surface area contributed by atoms with E-state index in [1.807, 2.05) is 0 Å². The normalized spacial score (nSPS) is 8.33. The van der Waals surface area contributed by atoms with Gasteiger partial charge in [0.15, 0.2) is 0 Å². The van der Waals surface area contributed by atoms with Gasteiger partial charge in [0.25, 0.3) is 0 Å². The molecule has 4 nitrogen and oxygen atoms in total. The molecule has 0 bridgehead atoms. The van der Waals surface area contributed by atoms with E-state index in [1.54, 1.807) is 18.5 Å². The van der Waals surface area contributed by atoms with E-state index >= 15 is 0 Å². The highest BCUT2D eigenvalue weighted by Gasteiger charge is 1.89. The Labute approximate surface area is 69.3 Å². The van der Waals surface area contributed by atoms with E-state index < -0.39 is 5.97 Å². The molecule has 0 atom stereocenters. The number of aromatic nitrogens is 2. The average Bonchev–Trinajstić information content (AvgIpc) is 2.05. The van der Waals surface area contributed by atoms with Crippen LogP contribution in [-0.4, -0.2) is 21.0 Å². The van der Waals surface area contributed by atoms with Crippen molar-refractivity contribution in [2.24, 2.45) is 0 Å². The Morgan fingerprint density at radius 3 is 2.75 bits per heavy atom. The highest BCUT2D eigenvalue weighted by molar-refractivity contribution is 5.70. The van der Waals surface area contributed by atoms with Crippen molar-refractivity contribution in [3.63, 3.8) is 0 Å². The van der Waals surface area contributed by atoms with Gasteiger partial charge in [-0.25, -0.2) is 9.97 Å². The van der Waals surface area contributed by atoms with Gasteiger partial charge in [0.1, 0.15) is 6.42 Å². The lowest BCUT2D eigenvalue weighted by atomic mass is 10.4. The quantitative estimate of drug-likeness (QED) is 0.603. The van der Waals surface area contributed by atoms with Gasteiger partial charge in [-0.3, -0.25) is 4.79 Å². The third kappa shape index (κ3) is 2.80. The molecule has 0 radical (unpaired) electrons. The summed E-state index contributed by atoms with van der Waals surface area (Å²) in [6.45, 7) is 0. The molecule has 0 saturated carbocycles. The van der Waals surface area contributed by atoms with Gasteiger partial charge >= 0.3 is 5.97 Å². The van der Waals surface area contributed by atoms with Crippen LogP contribution in [0.4, 0.5) is 0 Å². The molecule has 4 heteroatoms. The highest BCUT2D eigenvalue weighted by atomic mass is 16.4. The molecule has 0 aliphatic carbocycles. The van der Waals surface area contributed by atoms with Crippen LogP contribution < -0.4 is 0 Å². The molecule has 0 aromatic carbocycles. The molecule has 12 heavy (non-hydrogen) atoms. The van der Waals surface area contributed by atoms with Crippen molar-refractivity contribution in [2.45, 2.75) is 6.42 Å². The first kappa shape index (κ1) is 8.21. The van der Waals surface area contributed by atoms with Crippen LogP contribution in [-0.2, 0) is 4.79 Å². The maximum Gasteiger partial charge on any atom is 0.315 e. The molecule has 1 aromatic heterocycles. The third-order valence-corrected chi connectivity index (χ3v) is 1.01. The fraction of sp³-hybridized carbons (Fsp3) is 0.125. The summed E-state index contributed by atoms with van der Waals surface area (Å²) in [5, 5.41) is 8.25. The zero-order valence-electron chi connectivity index (χ0n) is 6.19. The van der Waals surface area contributed by atoms with Gasteiger partial charge in [-0.05, 0) is 12.0 Å². The molecule has 0 fully saturated rings. The zero-order valence-corrected chi connectivity index (χ0v) is 6.19. The predicted molar refractivity (Wildman–Crippen MR) is 41.2 cm³/mol. The zero-order chi connectivity index (χ0) is 8.81. The van der Waals surface area contributed by atoms with Gasteiger partial charge < -0.3 is 5.11 Å². The second kappa shape index (κ2) is 4.09. The van der Waals surface area contributed by atoms with Crippen molar-refractivity contribution in [3.05, 3.63) is 24.3 Å². The molecule has 0 spiro atoms. The number of rotatable bonds is 1. The van der Waals surface area contributed by atoms with Crippen molar-refractivity contribution in [1.82, 2.24) is 9.97 Å². The van der Waals surface area contributed by atoms with Crippen LogP contribution >= 0.6 is 0 Å². The van der Waals surface area contributed by atoms with Gasteiger partial charge in [0.05, 0.1) is 0 Å². The summed E-state index contributed by atoms with van der Waals surface area (Å²) in [6.07, 6.45) is 2.92. The molecule has 0 aliphatic heterocycles. The number of carbonyl (C=O) groups is 1. The summed E-state index contributed by atoms with van der Waals surface area (Å²) in [4.78, 5) is 17.6. The molecule has 1 aromatic rings. The number of nitrogens with zero attached hydrogens (tertiary/aromatic N) is 2. The monoisotopic (exact) mass is 162 g/mol. The lowest BCUT2D eigenvalue weighted by Gasteiger charge is -1.83. The van der Waals surface area contributed by atoms with Gasteiger partial charge in [-0.2, -0.15) is 0 Å². The van der Waals surface area contributed by atoms with Crippen LogP contribution in [0.5, 0.6) is 0 Å². The van der Waals surface area contributed by atoms with E-state index in [9.17, 15) is 4.79 Å². The van der Waals surface area contributed by atoms with Crippen LogP contribution in [0.25, 0.3) is 0 Å². The summed E-state index contributed by atoms with van der Waals surface area (Å²) in [5.41, 5.74) is 0. The first-order valence-electron chi connectivity index (χ1n) is 3.27. The lowest BCUT2D eigenvalue weighted by molar-refractivity contribution is -0.135. The number of aliphatic carboxylic acids is 1. The molecular weight excluding hydrogens is 156 g/mol. The Bertz CT molecular complexity index is 324. The van der Waals surface area contributed by atoms with Crippen molar-refractivity contribution in [2.75, 3.05) is 0 Å². The first-order chi connectivity index (χ1) is 5.79. The summed E-state index contributed by atoms with van der Waals surface area (Å²) in [5.74, 6) is 4.35. The van der Waals surface area contributed by atoms with Gasteiger partial charge in [-0.1, -0.05) is 5.92 Å². The SMILES string of the molecule is O=C(O)CC#Cc1ncccn1. The summed E-state index contributed by atoms with van der Waals surface area (Å²) in [7, 11) is 0. The van der Waals surface area contributed by atoms with Crippen LogP contribution in [0.3, 0.4) is 0 Å². The number of carboxylic acid groups (broad SMARTS) is 1. The first-order valence-corrected chi connectivity index (χ1v) is 3.27. The van der Waals surface area contributed by atoms with E-state index in [0.29, 0.717) is 5.82 Å². The Kier molecular flexibility index (Phi) is 2.79. The van der Waals surface area contributed by atoms with Crippen LogP contribution in [0.2, 0.25) is 0 Å². The van der Waals surface area contributed by atoms with E-state index in [1.165, 1.54) is 0 Å². The minimum Gasteiger partial charge on any atom is -0.481 e. The molecule has 1 rings (SSSR count).